The molecule has 0 unspecified atom stereocenters. The smallest absolute Gasteiger partial charge is 0.143 e. The van der Waals surface area contributed by atoms with Crippen LogP contribution in [0.3, 0.4) is 0 Å². The summed E-state index contributed by atoms with van der Waals surface area (Å²) in [5, 5.41) is 1.09. The highest BCUT2D eigenvalue weighted by Crippen LogP contribution is 2.29. The van der Waals surface area contributed by atoms with Crippen molar-refractivity contribution in [3.8, 4) is 11.3 Å². The predicted molar refractivity (Wildman–Crippen MR) is 96.7 cm³/mol. The third-order valence-electron chi connectivity index (χ3n) is 4.36. The maximum absolute atomic E-state index is 4.55. The van der Waals surface area contributed by atoms with E-state index in [-0.39, 0.29) is 0 Å². The minimum atomic E-state index is 0.895. The first-order valence-corrected chi connectivity index (χ1v) is 8.53. The number of H-pyrrole nitrogens is 1. The normalized spacial score (nSPS) is 16.2. The third kappa shape index (κ3) is 2.84. The summed E-state index contributed by atoms with van der Waals surface area (Å²) in [4.78, 5) is 17.1. The number of likely N-dealkylation sites (N-methyl/N-ethyl adjacent to an activating group) is 1. The molecule has 118 valence electrons. The fraction of sp³-hybridized carbons (Fsp3) is 0.294. The van der Waals surface area contributed by atoms with E-state index in [1.165, 1.54) is 0 Å². The van der Waals surface area contributed by atoms with Crippen LogP contribution in [0.1, 0.15) is 0 Å². The van der Waals surface area contributed by atoms with Crippen molar-refractivity contribution in [2.24, 2.45) is 0 Å². The molecule has 0 atom stereocenters. The van der Waals surface area contributed by atoms with Gasteiger partial charge in [-0.15, -0.1) is 0 Å². The highest BCUT2D eigenvalue weighted by Gasteiger charge is 2.19. The molecular formula is C17H18BrN5. The number of anilines is 1. The van der Waals surface area contributed by atoms with Crippen LogP contribution in [0.5, 0.6) is 0 Å². The zero-order chi connectivity index (χ0) is 15.8. The molecule has 2 aromatic heterocycles. The summed E-state index contributed by atoms with van der Waals surface area (Å²) >= 11 is 3.48. The molecule has 1 aliphatic heterocycles. The number of hydrogen-bond acceptors (Lipinski definition) is 4. The van der Waals surface area contributed by atoms with E-state index >= 15 is 0 Å². The summed E-state index contributed by atoms with van der Waals surface area (Å²) in [6, 6.07) is 10.4. The van der Waals surface area contributed by atoms with Crippen LogP contribution >= 0.6 is 15.9 Å². The maximum Gasteiger partial charge on any atom is 0.143 e. The van der Waals surface area contributed by atoms with E-state index in [1.54, 1.807) is 6.33 Å². The van der Waals surface area contributed by atoms with E-state index in [2.05, 4.69) is 65.9 Å². The van der Waals surface area contributed by atoms with E-state index in [0.717, 1.165) is 58.8 Å². The van der Waals surface area contributed by atoms with Gasteiger partial charge < -0.3 is 14.8 Å². The maximum atomic E-state index is 4.55. The van der Waals surface area contributed by atoms with Crippen LogP contribution in [0.15, 0.2) is 41.1 Å². The van der Waals surface area contributed by atoms with Crippen LogP contribution in [0.4, 0.5) is 5.82 Å². The SMILES string of the molecule is CN1CCN(c2ncnc3[nH]c(-c4ccc(Br)cc4)cc23)CC1. The number of nitrogens with zero attached hydrogens (tertiary/aromatic N) is 4. The van der Waals surface area contributed by atoms with Crippen molar-refractivity contribution in [3.05, 3.63) is 41.1 Å². The standard InChI is InChI=1S/C17H18BrN5/c1-22-6-8-23(9-7-22)17-14-10-15(21-16(14)19-11-20-17)12-2-4-13(18)5-3-12/h2-5,10-11H,6-9H2,1H3,(H,19,20,21). The Hall–Kier alpha value is -1.92. The van der Waals surface area contributed by atoms with Gasteiger partial charge >= 0.3 is 0 Å². The average molecular weight is 372 g/mol. The molecule has 1 aliphatic rings. The molecule has 1 N–H and O–H groups in total. The van der Waals surface area contributed by atoms with Gasteiger partial charge in [0.25, 0.3) is 0 Å². The topological polar surface area (TPSA) is 48.1 Å². The van der Waals surface area contributed by atoms with Crippen molar-refractivity contribution >= 4 is 32.8 Å². The molecule has 5 nitrogen and oxygen atoms in total. The molecule has 1 fully saturated rings. The monoisotopic (exact) mass is 371 g/mol. The number of aromatic amines is 1. The Labute approximate surface area is 143 Å². The van der Waals surface area contributed by atoms with Crippen LogP contribution in [0.25, 0.3) is 22.3 Å². The first-order chi connectivity index (χ1) is 11.2. The molecule has 0 radical (unpaired) electrons. The molecule has 0 saturated carbocycles. The van der Waals surface area contributed by atoms with Crippen LogP contribution in [0.2, 0.25) is 0 Å². The Morgan fingerprint density at radius 3 is 2.52 bits per heavy atom. The fourth-order valence-electron chi connectivity index (χ4n) is 2.98. The van der Waals surface area contributed by atoms with Gasteiger partial charge in [0.15, 0.2) is 0 Å². The van der Waals surface area contributed by atoms with Gasteiger partial charge in [-0.1, -0.05) is 28.1 Å². The molecule has 0 bridgehead atoms. The third-order valence-corrected chi connectivity index (χ3v) is 4.89. The number of halogens is 1. The molecule has 0 aliphatic carbocycles. The molecule has 1 aromatic carbocycles. The number of aromatic nitrogens is 3. The van der Waals surface area contributed by atoms with Crippen molar-refractivity contribution in [1.29, 1.82) is 0 Å². The van der Waals surface area contributed by atoms with Gasteiger partial charge in [0, 0.05) is 36.3 Å². The predicted octanol–water partition coefficient (Wildman–Crippen LogP) is 3.14. The largest absolute Gasteiger partial charge is 0.353 e. The summed E-state index contributed by atoms with van der Waals surface area (Å²) in [7, 11) is 2.16. The second-order valence-corrected chi connectivity index (χ2v) is 6.86. The Balaban J connectivity index is 1.74. The van der Waals surface area contributed by atoms with Gasteiger partial charge in [0.1, 0.15) is 17.8 Å². The van der Waals surface area contributed by atoms with Crippen molar-refractivity contribution in [2.45, 2.75) is 0 Å². The van der Waals surface area contributed by atoms with Gasteiger partial charge in [-0.3, -0.25) is 0 Å². The molecule has 1 saturated heterocycles. The molecular weight excluding hydrogens is 354 g/mol. The number of piperazine rings is 1. The molecule has 0 spiro atoms. The van der Waals surface area contributed by atoms with Gasteiger partial charge in [-0.05, 0) is 30.8 Å². The van der Waals surface area contributed by atoms with Crippen molar-refractivity contribution in [3.63, 3.8) is 0 Å². The highest BCUT2D eigenvalue weighted by atomic mass is 79.9. The van der Waals surface area contributed by atoms with Crippen molar-refractivity contribution in [1.82, 2.24) is 19.9 Å². The molecule has 4 rings (SSSR count). The van der Waals surface area contributed by atoms with Crippen LogP contribution < -0.4 is 4.90 Å². The van der Waals surface area contributed by atoms with Crippen LogP contribution in [-0.2, 0) is 0 Å². The lowest BCUT2D eigenvalue weighted by Gasteiger charge is -2.33. The summed E-state index contributed by atoms with van der Waals surface area (Å²) < 4.78 is 1.08. The Morgan fingerprint density at radius 2 is 1.78 bits per heavy atom. The van der Waals surface area contributed by atoms with Crippen LogP contribution in [0, 0.1) is 0 Å². The Kier molecular flexibility index (Phi) is 3.79. The quantitative estimate of drug-likeness (QED) is 0.751. The average Bonchev–Trinajstić information content (AvgIpc) is 3.00. The van der Waals surface area contributed by atoms with E-state index in [4.69, 9.17) is 0 Å². The second kappa shape index (κ2) is 5.94. The molecule has 3 aromatic rings. The number of nitrogens with one attached hydrogen (secondary N) is 1. The highest BCUT2D eigenvalue weighted by molar-refractivity contribution is 9.10. The van der Waals surface area contributed by atoms with Crippen molar-refractivity contribution < 1.29 is 0 Å². The summed E-state index contributed by atoms with van der Waals surface area (Å²) in [5.74, 6) is 1.03. The molecule has 0 amide bonds. The summed E-state index contributed by atoms with van der Waals surface area (Å²) in [5.41, 5.74) is 3.12. The van der Waals surface area contributed by atoms with E-state index in [0.29, 0.717) is 0 Å². The Bertz CT molecular complexity index is 819. The van der Waals surface area contributed by atoms with E-state index in [9.17, 15) is 0 Å². The van der Waals surface area contributed by atoms with Crippen molar-refractivity contribution in [2.75, 3.05) is 38.1 Å². The van der Waals surface area contributed by atoms with E-state index in [1.807, 2.05) is 12.1 Å². The summed E-state index contributed by atoms with van der Waals surface area (Å²) in [6.07, 6.45) is 1.65. The van der Waals surface area contributed by atoms with Gasteiger partial charge in [0.05, 0.1) is 5.39 Å². The first-order valence-electron chi connectivity index (χ1n) is 7.74. The lowest BCUT2D eigenvalue weighted by Crippen LogP contribution is -2.44. The Morgan fingerprint density at radius 1 is 1.04 bits per heavy atom. The number of fused-ring (bicyclic) bond motifs is 1. The number of rotatable bonds is 2. The van der Waals surface area contributed by atoms with Gasteiger partial charge in [-0.2, -0.15) is 0 Å². The van der Waals surface area contributed by atoms with Crippen LogP contribution in [-0.4, -0.2) is 53.1 Å². The van der Waals surface area contributed by atoms with Gasteiger partial charge in [-0.25, -0.2) is 9.97 Å². The second-order valence-electron chi connectivity index (χ2n) is 5.94. The molecule has 6 heteroatoms. The van der Waals surface area contributed by atoms with Gasteiger partial charge in [0.2, 0.25) is 0 Å². The first kappa shape index (κ1) is 14.7. The van der Waals surface area contributed by atoms with E-state index < -0.39 is 0 Å². The molecule has 23 heavy (non-hydrogen) atoms. The zero-order valence-corrected chi connectivity index (χ0v) is 14.5. The lowest BCUT2D eigenvalue weighted by molar-refractivity contribution is 0.312. The molecule has 3 heterocycles. The summed E-state index contributed by atoms with van der Waals surface area (Å²) in [6.45, 7) is 4.13. The fourth-order valence-corrected chi connectivity index (χ4v) is 3.25. The number of benzene rings is 1. The minimum absolute atomic E-state index is 0.895. The zero-order valence-electron chi connectivity index (χ0n) is 13.0. The minimum Gasteiger partial charge on any atom is -0.353 e. The number of hydrogen-bond donors (Lipinski definition) is 1. The lowest BCUT2D eigenvalue weighted by atomic mass is 10.1.